The maximum Gasteiger partial charge on any atom is 0.416 e. The molecule has 0 bridgehead atoms. The van der Waals surface area contributed by atoms with Crippen molar-refractivity contribution in [3.63, 3.8) is 0 Å². The van der Waals surface area contributed by atoms with E-state index in [0.717, 1.165) is 22.8 Å². The van der Waals surface area contributed by atoms with Gasteiger partial charge in [-0.05, 0) is 43.3 Å². The van der Waals surface area contributed by atoms with Crippen molar-refractivity contribution < 1.29 is 18.0 Å². The summed E-state index contributed by atoms with van der Waals surface area (Å²) >= 11 is 3.33. The van der Waals surface area contributed by atoms with Crippen LogP contribution in [-0.4, -0.2) is 23.1 Å². The highest BCUT2D eigenvalue weighted by atomic mass is 32.2. The Balaban J connectivity index is 1.82. The molecule has 1 aromatic carbocycles. The summed E-state index contributed by atoms with van der Waals surface area (Å²) in [6.07, 6.45) is -4.39. The summed E-state index contributed by atoms with van der Waals surface area (Å²) in [6.45, 7) is 2.61. The molecule has 0 radical (unpaired) electrons. The van der Waals surface area contributed by atoms with Crippen LogP contribution in [-0.2, 0) is 6.18 Å². The van der Waals surface area contributed by atoms with Crippen LogP contribution in [0.5, 0.6) is 0 Å². The second kappa shape index (κ2) is 6.20. The molecule has 7 heteroatoms. The third-order valence-corrected chi connectivity index (χ3v) is 6.06. The Labute approximate surface area is 140 Å². The Morgan fingerprint density at radius 1 is 1.17 bits per heavy atom. The summed E-state index contributed by atoms with van der Waals surface area (Å²) in [4.78, 5) is 16.6. The van der Waals surface area contributed by atoms with Gasteiger partial charge in [0, 0.05) is 27.6 Å². The number of carbonyl (C=O) groups is 1. The molecule has 23 heavy (non-hydrogen) atoms. The molecule has 1 unspecified atom stereocenters. The standard InChI is InChI=1S/C16H14F3NOS2/c1-10-2-7-13(23-10)15-20(8-9-22-15)14(21)11-3-5-12(6-4-11)16(17,18)19/h2-7,15H,8-9H2,1H3. The van der Waals surface area contributed by atoms with Gasteiger partial charge in [0.2, 0.25) is 0 Å². The number of rotatable bonds is 2. The summed E-state index contributed by atoms with van der Waals surface area (Å²) in [5.74, 6) is 0.605. The Kier molecular flexibility index (Phi) is 4.42. The molecule has 1 fully saturated rings. The van der Waals surface area contributed by atoms with Crippen LogP contribution in [0.2, 0.25) is 0 Å². The van der Waals surface area contributed by atoms with Crippen molar-refractivity contribution in [3.8, 4) is 0 Å². The second-order valence-electron chi connectivity index (χ2n) is 5.25. The Morgan fingerprint density at radius 2 is 1.87 bits per heavy atom. The van der Waals surface area contributed by atoms with Gasteiger partial charge in [-0.25, -0.2) is 0 Å². The van der Waals surface area contributed by atoms with E-state index in [9.17, 15) is 18.0 Å². The van der Waals surface area contributed by atoms with E-state index in [-0.39, 0.29) is 11.3 Å². The molecule has 122 valence electrons. The van der Waals surface area contributed by atoms with Crippen LogP contribution in [0.3, 0.4) is 0 Å². The number of carbonyl (C=O) groups excluding carboxylic acids is 1. The van der Waals surface area contributed by atoms with Gasteiger partial charge in [0.15, 0.2) is 0 Å². The normalized spacial score (nSPS) is 18.4. The van der Waals surface area contributed by atoms with Gasteiger partial charge < -0.3 is 4.90 Å². The topological polar surface area (TPSA) is 20.3 Å². The summed E-state index contributed by atoms with van der Waals surface area (Å²) in [7, 11) is 0. The van der Waals surface area contributed by atoms with Crippen LogP contribution in [0.25, 0.3) is 0 Å². The van der Waals surface area contributed by atoms with Crippen LogP contribution in [0.4, 0.5) is 13.2 Å². The van der Waals surface area contributed by atoms with E-state index in [1.165, 1.54) is 17.0 Å². The van der Waals surface area contributed by atoms with Crippen molar-refractivity contribution in [3.05, 3.63) is 57.3 Å². The van der Waals surface area contributed by atoms with Crippen molar-refractivity contribution in [2.45, 2.75) is 18.5 Å². The molecular formula is C16H14F3NOS2. The van der Waals surface area contributed by atoms with Gasteiger partial charge >= 0.3 is 6.18 Å². The van der Waals surface area contributed by atoms with E-state index in [0.29, 0.717) is 12.1 Å². The molecule has 0 spiro atoms. The van der Waals surface area contributed by atoms with Gasteiger partial charge in [-0.15, -0.1) is 23.1 Å². The van der Waals surface area contributed by atoms with E-state index in [1.807, 2.05) is 19.1 Å². The largest absolute Gasteiger partial charge is 0.416 e. The Bertz CT molecular complexity index is 709. The van der Waals surface area contributed by atoms with Crippen LogP contribution in [0, 0.1) is 6.92 Å². The lowest BCUT2D eigenvalue weighted by Crippen LogP contribution is -2.30. The summed E-state index contributed by atoms with van der Waals surface area (Å²) in [6, 6.07) is 8.45. The lowest BCUT2D eigenvalue weighted by atomic mass is 10.1. The first-order valence-electron chi connectivity index (χ1n) is 7.02. The molecule has 0 saturated carbocycles. The molecule has 1 aliphatic heterocycles. The number of thioether (sulfide) groups is 1. The molecule has 1 atom stereocenters. The number of nitrogens with zero attached hydrogens (tertiary/aromatic N) is 1. The van der Waals surface area contributed by atoms with Gasteiger partial charge in [0.25, 0.3) is 5.91 Å². The van der Waals surface area contributed by atoms with Crippen molar-refractivity contribution in [2.75, 3.05) is 12.3 Å². The average Bonchev–Trinajstić information content (AvgIpc) is 3.14. The van der Waals surface area contributed by atoms with Crippen LogP contribution < -0.4 is 0 Å². The van der Waals surface area contributed by atoms with E-state index in [1.54, 1.807) is 28.0 Å². The van der Waals surface area contributed by atoms with E-state index >= 15 is 0 Å². The first kappa shape index (κ1) is 16.4. The number of alkyl halides is 3. The fraction of sp³-hybridized carbons (Fsp3) is 0.312. The first-order chi connectivity index (χ1) is 10.9. The van der Waals surface area contributed by atoms with E-state index in [2.05, 4.69) is 0 Å². The number of benzene rings is 1. The van der Waals surface area contributed by atoms with Crippen molar-refractivity contribution in [2.24, 2.45) is 0 Å². The smallest absolute Gasteiger partial charge is 0.321 e. The number of aryl methyl sites for hydroxylation is 1. The molecule has 1 aromatic heterocycles. The molecule has 1 amide bonds. The van der Waals surface area contributed by atoms with Gasteiger partial charge in [0.1, 0.15) is 5.37 Å². The zero-order chi connectivity index (χ0) is 16.6. The highest BCUT2D eigenvalue weighted by Gasteiger charge is 2.33. The maximum atomic E-state index is 12.6. The second-order valence-corrected chi connectivity index (χ2v) is 7.75. The molecule has 1 aliphatic rings. The van der Waals surface area contributed by atoms with Crippen molar-refractivity contribution in [1.82, 2.24) is 4.90 Å². The zero-order valence-electron chi connectivity index (χ0n) is 12.3. The first-order valence-corrected chi connectivity index (χ1v) is 8.89. The van der Waals surface area contributed by atoms with Gasteiger partial charge in [-0.1, -0.05) is 0 Å². The average molecular weight is 357 g/mol. The number of thiophene rings is 1. The zero-order valence-corrected chi connectivity index (χ0v) is 13.9. The Hall–Kier alpha value is -1.47. The van der Waals surface area contributed by atoms with Gasteiger partial charge in [0.05, 0.1) is 5.56 Å². The minimum absolute atomic E-state index is 0.0523. The van der Waals surface area contributed by atoms with Gasteiger partial charge in [-0.3, -0.25) is 4.79 Å². The quantitative estimate of drug-likeness (QED) is 0.757. The number of hydrogen-bond acceptors (Lipinski definition) is 3. The van der Waals surface area contributed by atoms with E-state index < -0.39 is 11.7 Å². The molecule has 2 aromatic rings. The van der Waals surface area contributed by atoms with E-state index in [4.69, 9.17) is 0 Å². The third-order valence-electron chi connectivity index (χ3n) is 3.62. The summed E-state index contributed by atoms with van der Waals surface area (Å²) in [5, 5.41) is -0.0523. The molecule has 3 rings (SSSR count). The minimum Gasteiger partial charge on any atom is -0.321 e. The van der Waals surface area contributed by atoms with Crippen molar-refractivity contribution >= 4 is 29.0 Å². The lowest BCUT2D eigenvalue weighted by Gasteiger charge is -2.23. The number of amides is 1. The number of halogens is 3. The van der Waals surface area contributed by atoms with Crippen LogP contribution in [0.1, 0.15) is 31.0 Å². The van der Waals surface area contributed by atoms with Crippen LogP contribution >= 0.6 is 23.1 Å². The molecule has 2 heterocycles. The fourth-order valence-electron chi connectivity index (χ4n) is 2.47. The predicted molar refractivity (Wildman–Crippen MR) is 86.7 cm³/mol. The molecule has 1 saturated heterocycles. The molecule has 2 nitrogen and oxygen atoms in total. The lowest BCUT2D eigenvalue weighted by molar-refractivity contribution is -0.137. The predicted octanol–water partition coefficient (Wildman–Crippen LogP) is 4.96. The minimum atomic E-state index is -4.39. The van der Waals surface area contributed by atoms with Gasteiger partial charge in [-0.2, -0.15) is 13.2 Å². The number of hydrogen-bond donors (Lipinski definition) is 0. The molecule has 0 N–H and O–H groups in total. The maximum absolute atomic E-state index is 12.6. The SMILES string of the molecule is Cc1ccc(C2SCCN2C(=O)c2ccc(C(F)(F)F)cc2)s1. The highest BCUT2D eigenvalue weighted by Crippen LogP contribution is 2.41. The summed E-state index contributed by atoms with van der Waals surface area (Å²) in [5.41, 5.74) is -0.450. The fourth-order valence-corrected chi connectivity index (χ4v) is 4.84. The summed E-state index contributed by atoms with van der Waals surface area (Å²) < 4.78 is 37.8. The highest BCUT2D eigenvalue weighted by molar-refractivity contribution is 7.99. The third kappa shape index (κ3) is 3.40. The molecule has 0 aliphatic carbocycles. The van der Waals surface area contributed by atoms with Crippen LogP contribution in [0.15, 0.2) is 36.4 Å². The Morgan fingerprint density at radius 3 is 2.43 bits per heavy atom. The monoisotopic (exact) mass is 357 g/mol. The molecular weight excluding hydrogens is 343 g/mol. The van der Waals surface area contributed by atoms with Crippen molar-refractivity contribution in [1.29, 1.82) is 0 Å².